The van der Waals surface area contributed by atoms with Gasteiger partial charge in [-0.05, 0) is 37.3 Å². The van der Waals surface area contributed by atoms with E-state index in [1.165, 1.54) is 13.2 Å². The minimum absolute atomic E-state index is 0.0552. The second-order valence-corrected chi connectivity index (χ2v) is 6.58. The molecule has 0 radical (unpaired) electrons. The molecule has 0 amide bonds. The molecule has 0 N–H and O–H groups in total. The van der Waals surface area contributed by atoms with Crippen LogP contribution in [0.2, 0.25) is 0 Å². The van der Waals surface area contributed by atoms with Crippen LogP contribution in [0.4, 0.5) is 8.78 Å². The lowest BCUT2D eigenvalue weighted by atomic mass is 9.76. The van der Waals surface area contributed by atoms with Crippen LogP contribution in [0.1, 0.15) is 38.2 Å². The van der Waals surface area contributed by atoms with Gasteiger partial charge in [-0.2, -0.15) is 0 Å². The maximum atomic E-state index is 14.2. The number of methoxy groups -OCH3 is 1. The van der Waals surface area contributed by atoms with E-state index < -0.39 is 17.2 Å². The Hall–Kier alpha value is -1.95. The number of fused-ring (bicyclic) bond motifs is 1. The van der Waals surface area contributed by atoms with Crippen molar-refractivity contribution in [2.24, 2.45) is 5.92 Å². The van der Waals surface area contributed by atoms with Crippen LogP contribution in [0.15, 0.2) is 24.0 Å². The summed E-state index contributed by atoms with van der Waals surface area (Å²) < 4.78 is 44.1. The lowest BCUT2D eigenvalue weighted by Gasteiger charge is -2.34. The first-order valence-electron chi connectivity index (χ1n) is 8.54. The molecule has 0 unspecified atom stereocenters. The second-order valence-electron chi connectivity index (χ2n) is 6.58. The third-order valence-electron chi connectivity index (χ3n) is 5.01. The number of benzene rings is 1. The molecule has 0 bridgehead atoms. The number of hydrogen-bond donors (Lipinski definition) is 0. The number of ketones is 1. The number of carbonyl (C=O) groups is 1. The van der Waals surface area contributed by atoms with Crippen molar-refractivity contribution >= 4 is 5.78 Å². The van der Waals surface area contributed by atoms with Crippen LogP contribution in [-0.2, 0) is 20.7 Å². The average molecular weight is 352 g/mol. The topological polar surface area (TPSA) is 44.8 Å². The molecule has 1 aromatic rings. The van der Waals surface area contributed by atoms with Gasteiger partial charge in [0, 0.05) is 18.1 Å². The Kier molecular flexibility index (Phi) is 5.08. The van der Waals surface area contributed by atoms with Crippen molar-refractivity contribution in [3.05, 3.63) is 41.2 Å². The smallest absolute Gasteiger partial charge is 0.189 e. The van der Waals surface area contributed by atoms with Gasteiger partial charge in [0.05, 0.1) is 7.11 Å². The minimum atomic E-state index is -0.726. The third-order valence-corrected chi connectivity index (χ3v) is 5.01. The van der Waals surface area contributed by atoms with Crippen molar-refractivity contribution in [1.29, 1.82) is 0 Å². The summed E-state index contributed by atoms with van der Waals surface area (Å²) in [6, 6.07) is 2.21. The number of aryl methyl sites for hydroxylation is 1. The Bertz CT molecular complexity index is 701. The Balaban J connectivity index is 1.80. The normalized spacial score (nSPS) is 25.4. The molecule has 1 heterocycles. The quantitative estimate of drug-likeness (QED) is 0.778. The summed E-state index contributed by atoms with van der Waals surface area (Å²) in [5, 5.41) is 0. The van der Waals surface area contributed by atoms with Crippen LogP contribution in [0.5, 0.6) is 5.75 Å². The number of hydrogen-bond acceptors (Lipinski definition) is 4. The van der Waals surface area contributed by atoms with Crippen molar-refractivity contribution in [3.8, 4) is 5.75 Å². The zero-order valence-electron chi connectivity index (χ0n) is 14.4. The summed E-state index contributed by atoms with van der Waals surface area (Å²) in [6.45, 7) is 2.11. The standard InChI is InChI=1S/C19H22F2O4/c1-3-4-13-10-19(18(9-16(13)22)24-11-25-19)6-5-12-7-15(21)17(23-2)8-14(12)20/h7-9,13H,3-6,10-11H2,1-2H3/t13-,19-/m0/s1. The Labute approximate surface area is 145 Å². The molecule has 1 aromatic carbocycles. The summed E-state index contributed by atoms with van der Waals surface area (Å²) in [7, 11) is 1.30. The molecule has 6 heteroatoms. The summed E-state index contributed by atoms with van der Waals surface area (Å²) in [5.41, 5.74) is -0.470. The van der Waals surface area contributed by atoms with Crippen molar-refractivity contribution in [2.45, 2.75) is 44.6 Å². The summed E-state index contributed by atoms with van der Waals surface area (Å²) in [4.78, 5) is 12.2. The van der Waals surface area contributed by atoms with Crippen LogP contribution in [0, 0.1) is 17.6 Å². The fourth-order valence-corrected chi connectivity index (χ4v) is 3.63. The van der Waals surface area contributed by atoms with Crippen molar-refractivity contribution in [2.75, 3.05) is 13.9 Å². The molecular formula is C19H22F2O4. The van der Waals surface area contributed by atoms with Gasteiger partial charge in [0.2, 0.25) is 0 Å². The Morgan fingerprint density at radius 3 is 2.84 bits per heavy atom. The number of halogens is 2. The van der Waals surface area contributed by atoms with E-state index in [0.29, 0.717) is 18.6 Å². The van der Waals surface area contributed by atoms with Crippen LogP contribution in [0.25, 0.3) is 0 Å². The molecule has 0 saturated carbocycles. The van der Waals surface area contributed by atoms with Gasteiger partial charge in [-0.15, -0.1) is 0 Å². The molecule has 1 aliphatic heterocycles. The van der Waals surface area contributed by atoms with E-state index in [0.717, 1.165) is 25.0 Å². The van der Waals surface area contributed by atoms with Gasteiger partial charge in [-0.3, -0.25) is 4.79 Å². The molecule has 136 valence electrons. The number of rotatable bonds is 6. The average Bonchev–Trinajstić information content (AvgIpc) is 2.98. The molecule has 0 aromatic heterocycles. The Morgan fingerprint density at radius 1 is 1.32 bits per heavy atom. The van der Waals surface area contributed by atoms with Gasteiger partial charge in [0.25, 0.3) is 0 Å². The number of carbonyl (C=O) groups excluding carboxylic acids is 1. The summed E-state index contributed by atoms with van der Waals surface area (Å²) in [5.74, 6) is -0.784. The first-order valence-corrected chi connectivity index (χ1v) is 8.54. The lowest BCUT2D eigenvalue weighted by Crippen LogP contribution is -2.39. The third kappa shape index (κ3) is 3.40. The Morgan fingerprint density at radius 2 is 2.12 bits per heavy atom. The molecule has 3 rings (SSSR count). The van der Waals surface area contributed by atoms with E-state index in [1.807, 2.05) is 6.92 Å². The predicted octanol–water partition coefficient (Wildman–Crippen LogP) is 3.92. The van der Waals surface area contributed by atoms with Crippen LogP contribution in [-0.4, -0.2) is 25.3 Å². The van der Waals surface area contributed by atoms with E-state index in [1.54, 1.807) is 0 Å². The zero-order chi connectivity index (χ0) is 18.0. The predicted molar refractivity (Wildman–Crippen MR) is 87.1 cm³/mol. The molecular weight excluding hydrogens is 330 g/mol. The van der Waals surface area contributed by atoms with Gasteiger partial charge in [0.15, 0.2) is 24.1 Å². The molecule has 1 saturated heterocycles. The highest BCUT2D eigenvalue weighted by molar-refractivity contribution is 5.93. The van der Waals surface area contributed by atoms with E-state index in [9.17, 15) is 13.6 Å². The second kappa shape index (κ2) is 7.12. The largest absolute Gasteiger partial charge is 0.494 e. The number of allylic oxidation sites excluding steroid dienone is 1. The van der Waals surface area contributed by atoms with Crippen molar-refractivity contribution in [1.82, 2.24) is 0 Å². The van der Waals surface area contributed by atoms with Crippen LogP contribution >= 0.6 is 0 Å². The monoisotopic (exact) mass is 352 g/mol. The molecule has 2 aliphatic rings. The van der Waals surface area contributed by atoms with Crippen molar-refractivity contribution in [3.63, 3.8) is 0 Å². The van der Waals surface area contributed by atoms with E-state index in [-0.39, 0.29) is 36.2 Å². The van der Waals surface area contributed by atoms with E-state index in [2.05, 4.69) is 0 Å². The molecule has 0 spiro atoms. The molecule has 25 heavy (non-hydrogen) atoms. The van der Waals surface area contributed by atoms with Crippen LogP contribution in [0.3, 0.4) is 0 Å². The molecule has 2 atom stereocenters. The molecule has 1 fully saturated rings. The highest BCUT2D eigenvalue weighted by Crippen LogP contribution is 2.43. The van der Waals surface area contributed by atoms with E-state index in [4.69, 9.17) is 14.2 Å². The fourth-order valence-electron chi connectivity index (χ4n) is 3.63. The maximum Gasteiger partial charge on any atom is 0.189 e. The van der Waals surface area contributed by atoms with E-state index >= 15 is 0 Å². The first-order chi connectivity index (χ1) is 12.0. The van der Waals surface area contributed by atoms with Gasteiger partial charge in [-0.25, -0.2) is 8.78 Å². The summed E-state index contributed by atoms with van der Waals surface area (Å²) in [6.07, 6.45) is 4.41. The number of ether oxygens (including phenoxy) is 3. The SMILES string of the molecule is CCC[C@H]1C[C@]2(CCc3cc(F)c(OC)cc3F)OCOC2=CC1=O. The maximum absolute atomic E-state index is 14.2. The van der Waals surface area contributed by atoms with Crippen LogP contribution < -0.4 is 4.74 Å². The lowest BCUT2D eigenvalue weighted by molar-refractivity contribution is -0.122. The molecule has 1 aliphatic carbocycles. The fraction of sp³-hybridized carbons (Fsp3) is 0.526. The first kappa shape index (κ1) is 17.9. The highest BCUT2D eigenvalue weighted by Gasteiger charge is 2.47. The zero-order valence-corrected chi connectivity index (χ0v) is 14.4. The van der Waals surface area contributed by atoms with Gasteiger partial charge < -0.3 is 14.2 Å². The molecule has 4 nitrogen and oxygen atoms in total. The van der Waals surface area contributed by atoms with Gasteiger partial charge >= 0.3 is 0 Å². The minimum Gasteiger partial charge on any atom is -0.494 e. The van der Waals surface area contributed by atoms with Crippen molar-refractivity contribution < 1.29 is 27.8 Å². The van der Waals surface area contributed by atoms with Gasteiger partial charge in [0.1, 0.15) is 17.2 Å². The summed E-state index contributed by atoms with van der Waals surface area (Å²) >= 11 is 0. The van der Waals surface area contributed by atoms with Gasteiger partial charge in [-0.1, -0.05) is 13.3 Å². The highest BCUT2D eigenvalue weighted by atomic mass is 19.1.